The molecule has 0 atom stereocenters. The van der Waals surface area contributed by atoms with Gasteiger partial charge in [-0.2, -0.15) is 0 Å². The molecule has 0 aliphatic rings. The van der Waals surface area contributed by atoms with Crippen molar-refractivity contribution in [3.8, 4) is 0 Å². The fourth-order valence-electron chi connectivity index (χ4n) is 0.342. The first-order valence-electron chi connectivity index (χ1n) is 1.95. The molecule has 0 spiro atoms. The molecule has 0 saturated carbocycles. The summed E-state index contributed by atoms with van der Waals surface area (Å²) in [6, 6.07) is 3.58. The second-order valence-electron chi connectivity index (χ2n) is 1.17. The molecular formula is C5H5BrClN. The minimum absolute atomic E-state index is 0. The Bertz CT molecular complexity index is 142. The van der Waals surface area contributed by atoms with Gasteiger partial charge in [-0.25, -0.2) is 0 Å². The fourth-order valence-corrected chi connectivity index (χ4v) is 0.471. The van der Waals surface area contributed by atoms with Crippen molar-refractivity contribution in [2.45, 2.75) is 0 Å². The van der Waals surface area contributed by atoms with Crippen LogP contribution in [0.1, 0.15) is 0 Å². The monoisotopic (exact) mass is 193 g/mol. The van der Waals surface area contributed by atoms with E-state index in [1.807, 2.05) is 0 Å². The molecule has 0 aliphatic heterocycles. The molecule has 0 aromatic carbocycles. The van der Waals surface area contributed by atoms with Crippen LogP contribution in [0.15, 0.2) is 24.5 Å². The maximum absolute atomic E-state index is 5.48. The summed E-state index contributed by atoms with van der Waals surface area (Å²) >= 11 is 5.48. The first-order valence-corrected chi connectivity index (χ1v) is 2.33. The van der Waals surface area contributed by atoms with Crippen molar-refractivity contribution in [1.29, 1.82) is 0 Å². The second kappa shape index (κ2) is 3.87. The minimum atomic E-state index is 0. The highest BCUT2D eigenvalue weighted by Crippen LogP contribution is 2.00. The van der Waals surface area contributed by atoms with E-state index in [4.69, 9.17) is 11.6 Å². The summed E-state index contributed by atoms with van der Waals surface area (Å²) in [7, 11) is 0. The molecule has 0 aliphatic carbocycles. The van der Waals surface area contributed by atoms with Crippen molar-refractivity contribution in [3.05, 3.63) is 29.5 Å². The van der Waals surface area contributed by atoms with E-state index >= 15 is 0 Å². The van der Waals surface area contributed by atoms with E-state index in [0.29, 0.717) is 5.02 Å². The van der Waals surface area contributed by atoms with Gasteiger partial charge in [0.2, 0.25) is 0 Å². The lowest BCUT2D eigenvalue weighted by Gasteiger charge is -1.79. The van der Waals surface area contributed by atoms with E-state index in [1.165, 1.54) is 0 Å². The number of hydrogen-bond acceptors (Lipinski definition) is 1. The second-order valence-corrected chi connectivity index (χ2v) is 1.61. The molecule has 3 heteroatoms. The van der Waals surface area contributed by atoms with Gasteiger partial charge in [0.15, 0.2) is 0 Å². The van der Waals surface area contributed by atoms with Crippen LogP contribution >= 0.6 is 28.6 Å². The van der Waals surface area contributed by atoms with Crippen LogP contribution in [-0.2, 0) is 0 Å². The topological polar surface area (TPSA) is 12.9 Å². The molecule has 1 heterocycles. The van der Waals surface area contributed by atoms with Gasteiger partial charge in [0.05, 0.1) is 5.02 Å². The van der Waals surface area contributed by atoms with Crippen LogP contribution in [0.3, 0.4) is 0 Å². The molecule has 0 N–H and O–H groups in total. The summed E-state index contributed by atoms with van der Waals surface area (Å²) in [5.41, 5.74) is 0. The Labute approximate surface area is 63.5 Å². The molecule has 1 rings (SSSR count). The van der Waals surface area contributed by atoms with Gasteiger partial charge < -0.3 is 0 Å². The number of hydrogen-bond donors (Lipinski definition) is 0. The maximum Gasteiger partial charge on any atom is 0.0589 e. The van der Waals surface area contributed by atoms with Crippen molar-refractivity contribution in [1.82, 2.24) is 4.98 Å². The molecule has 0 bridgehead atoms. The number of rotatable bonds is 0. The highest BCUT2D eigenvalue weighted by molar-refractivity contribution is 8.93. The lowest BCUT2D eigenvalue weighted by Crippen LogP contribution is -1.64. The Morgan fingerprint density at radius 2 is 2.25 bits per heavy atom. The molecule has 0 saturated heterocycles. The lowest BCUT2D eigenvalue weighted by atomic mass is 10.5. The van der Waals surface area contributed by atoms with Crippen LogP contribution in [-0.4, -0.2) is 4.98 Å². The van der Waals surface area contributed by atoms with E-state index < -0.39 is 0 Å². The highest BCUT2D eigenvalue weighted by atomic mass is 79.9. The van der Waals surface area contributed by atoms with Crippen molar-refractivity contribution in [2.75, 3.05) is 0 Å². The van der Waals surface area contributed by atoms with Crippen LogP contribution < -0.4 is 0 Å². The smallest absolute Gasteiger partial charge is 0.0589 e. The zero-order chi connectivity index (χ0) is 5.11. The van der Waals surface area contributed by atoms with Crippen molar-refractivity contribution >= 4 is 28.6 Å². The van der Waals surface area contributed by atoms with Gasteiger partial charge in [-0.3, -0.25) is 4.98 Å². The van der Waals surface area contributed by atoms with E-state index in [9.17, 15) is 0 Å². The van der Waals surface area contributed by atoms with E-state index in [-0.39, 0.29) is 17.0 Å². The SMILES string of the molecule is Br.Clc1cccnc1. The zero-order valence-electron chi connectivity index (χ0n) is 4.04. The third-order valence-corrected chi connectivity index (χ3v) is 0.849. The van der Waals surface area contributed by atoms with Gasteiger partial charge in [0.25, 0.3) is 0 Å². The van der Waals surface area contributed by atoms with Gasteiger partial charge in [0, 0.05) is 12.4 Å². The van der Waals surface area contributed by atoms with Crippen molar-refractivity contribution < 1.29 is 0 Å². The quantitative estimate of drug-likeness (QED) is 0.618. The third kappa shape index (κ3) is 2.28. The van der Waals surface area contributed by atoms with Crippen LogP contribution in [0.5, 0.6) is 0 Å². The molecular weight excluding hydrogens is 189 g/mol. The van der Waals surface area contributed by atoms with Crippen molar-refractivity contribution in [2.24, 2.45) is 0 Å². The Morgan fingerprint density at radius 1 is 1.50 bits per heavy atom. The number of nitrogens with zero attached hydrogens (tertiary/aromatic N) is 1. The van der Waals surface area contributed by atoms with Gasteiger partial charge in [-0.1, -0.05) is 11.6 Å². The predicted octanol–water partition coefficient (Wildman–Crippen LogP) is 2.31. The summed E-state index contributed by atoms with van der Waals surface area (Å²) in [4.78, 5) is 3.75. The van der Waals surface area contributed by atoms with E-state index in [1.54, 1.807) is 24.5 Å². The van der Waals surface area contributed by atoms with Crippen LogP contribution in [0, 0.1) is 0 Å². The van der Waals surface area contributed by atoms with Gasteiger partial charge in [-0.15, -0.1) is 17.0 Å². The lowest BCUT2D eigenvalue weighted by molar-refractivity contribution is 1.33. The summed E-state index contributed by atoms with van der Waals surface area (Å²) in [5.74, 6) is 0. The Kier molecular flexibility index (Phi) is 3.83. The number of halogens is 2. The number of pyridine rings is 1. The van der Waals surface area contributed by atoms with Crippen molar-refractivity contribution in [3.63, 3.8) is 0 Å². The normalized spacial score (nSPS) is 7.62. The van der Waals surface area contributed by atoms with E-state index in [2.05, 4.69) is 4.98 Å². The molecule has 1 nitrogen and oxygen atoms in total. The summed E-state index contributed by atoms with van der Waals surface area (Å²) in [5, 5.41) is 0.683. The molecule has 0 unspecified atom stereocenters. The van der Waals surface area contributed by atoms with Crippen LogP contribution in [0.25, 0.3) is 0 Å². The molecule has 1 aromatic heterocycles. The van der Waals surface area contributed by atoms with Gasteiger partial charge >= 0.3 is 0 Å². The molecule has 0 fully saturated rings. The summed E-state index contributed by atoms with van der Waals surface area (Å²) in [6.45, 7) is 0. The average molecular weight is 194 g/mol. The molecule has 0 amide bonds. The third-order valence-electron chi connectivity index (χ3n) is 0.625. The van der Waals surface area contributed by atoms with Crippen LogP contribution in [0.2, 0.25) is 5.02 Å². The largest absolute Gasteiger partial charge is 0.263 e. The Hall–Kier alpha value is -0.0800. The summed E-state index contributed by atoms with van der Waals surface area (Å²) in [6.07, 6.45) is 3.29. The standard InChI is InChI=1S/C5H4ClN.BrH/c6-5-2-1-3-7-4-5;/h1-4H;1H. The molecule has 0 radical (unpaired) electrons. The molecule has 1 aromatic rings. The maximum atomic E-state index is 5.48. The summed E-state index contributed by atoms with van der Waals surface area (Å²) < 4.78 is 0. The minimum Gasteiger partial charge on any atom is -0.263 e. The Morgan fingerprint density at radius 3 is 2.50 bits per heavy atom. The van der Waals surface area contributed by atoms with Crippen LogP contribution in [0.4, 0.5) is 0 Å². The fraction of sp³-hybridized carbons (Fsp3) is 0. The first kappa shape index (κ1) is 7.92. The highest BCUT2D eigenvalue weighted by Gasteiger charge is 1.76. The van der Waals surface area contributed by atoms with Gasteiger partial charge in [-0.05, 0) is 12.1 Å². The Balaban J connectivity index is 0.000000490. The average Bonchev–Trinajstić information content (AvgIpc) is 1.69. The molecule has 8 heavy (non-hydrogen) atoms. The van der Waals surface area contributed by atoms with E-state index in [0.717, 1.165) is 0 Å². The van der Waals surface area contributed by atoms with Gasteiger partial charge in [0.1, 0.15) is 0 Å². The zero-order valence-corrected chi connectivity index (χ0v) is 6.51. The molecule has 44 valence electrons. The first-order chi connectivity index (χ1) is 3.39. The number of aromatic nitrogens is 1. The predicted molar refractivity (Wildman–Crippen MR) is 39.6 cm³/mol.